The molecule has 0 aromatic heterocycles. The molecule has 1 saturated heterocycles. The van der Waals surface area contributed by atoms with Gasteiger partial charge in [-0.15, -0.1) is 0 Å². The van der Waals surface area contributed by atoms with Gasteiger partial charge in [0.1, 0.15) is 0 Å². The fourth-order valence-corrected chi connectivity index (χ4v) is 5.82. The molecular weight excluding hydrogens is 364 g/mol. The van der Waals surface area contributed by atoms with Crippen molar-refractivity contribution in [3.05, 3.63) is 35.4 Å². The summed E-state index contributed by atoms with van der Waals surface area (Å²) in [6.07, 6.45) is 5.66. The van der Waals surface area contributed by atoms with Gasteiger partial charge in [-0.05, 0) is 36.8 Å². The number of likely N-dealkylation sites (tertiary alicyclic amines) is 1. The largest absolute Gasteiger partial charge is 0.380 e. The van der Waals surface area contributed by atoms with Crippen molar-refractivity contribution in [3.8, 4) is 0 Å². The number of sulfonamides is 1. The van der Waals surface area contributed by atoms with Crippen LogP contribution in [0.25, 0.3) is 0 Å². The quantitative estimate of drug-likeness (QED) is 0.769. The summed E-state index contributed by atoms with van der Waals surface area (Å²) in [7, 11) is -1.74. The van der Waals surface area contributed by atoms with Gasteiger partial charge in [-0.25, -0.2) is 13.1 Å². The molecule has 3 rings (SSSR count). The van der Waals surface area contributed by atoms with E-state index in [1.165, 1.54) is 0 Å². The molecule has 1 aromatic carbocycles. The van der Waals surface area contributed by atoms with Crippen molar-refractivity contribution >= 4 is 15.9 Å². The van der Waals surface area contributed by atoms with Crippen molar-refractivity contribution in [1.29, 1.82) is 0 Å². The number of nitrogens with one attached hydrogen (secondary N) is 1. The number of hydrogen-bond donors (Lipinski definition) is 1. The van der Waals surface area contributed by atoms with Gasteiger partial charge >= 0.3 is 0 Å². The molecule has 2 aliphatic rings. The molecule has 0 spiro atoms. The number of carbonyl (C=O) groups excluding carboxylic acids is 1. The SMILES string of the molecule is COCc1cccc(CC(=O)N2CCCC(S(=O)(=O)NC3CCCC3)C2)c1. The minimum atomic E-state index is -3.38. The van der Waals surface area contributed by atoms with E-state index in [0.717, 1.165) is 43.2 Å². The lowest BCUT2D eigenvalue weighted by Crippen LogP contribution is -2.50. The van der Waals surface area contributed by atoms with Crippen LogP contribution in [0.3, 0.4) is 0 Å². The molecule has 6 nitrogen and oxygen atoms in total. The van der Waals surface area contributed by atoms with Crippen molar-refractivity contribution in [3.63, 3.8) is 0 Å². The molecule has 1 amide bonds. The molecule has 2 fully saturated rings. The first kappa shape index (κ1) is 20.3. The minimum Gasteiger partial charge on any atom is -0.380 e. The zero-order chi connectivity index (χ0) is 19.3. The van der Waals surface area contributed by atoms with Crippen LogP contribution in [0.4, 0.5) is 0 Å². The molecule has 1 atom stereocenters. The Hall–Kier alpha value is -1.44. The van der Waals surface area contributed by atoms with Crippen LogP contribution in [-0.2, 0) is 32.6 Å². The molecule has 1 saturated carbocycles. The Morgan fingerprint density at radius 3 is 2.67 bits per heavy atom. The minimum absolute atomic E-state index is 0.00895. The highest BCUT2D eigenvalue weighted by Crippen LogP contribution is 2.22. The van der Waals surface area contributed by atoms with Crippen molar-refractivity contribution in [2.45, 2.75) is 62.8 Å². The van der Waals surface area contributed by atoms with Crippen LogP contribution in [-0.4, -0.2) is 50.7 Å². The lowest BCUT2D eigenvalue weighted by Gasteiger charge is -2.33. The topological polar surface area (TPSA) is 75.7 Å². The molecule has 1 heterocycles. The lowest BCUT2D eigenvalue weighted by atomic mass is 10.1. The number of carbonyl (C=O) groups is 1. The molecular formula is C20H30N2O4S. The Bertz CT molecular complexity index is 744. The Morgan fingerprint density at radius 2 is 1.93 bits per heavy atom. The van der Waals surface area contributed by atoms with Crippen molar-refractivity contribution in [2.75, 3.05) is 20.2 Å². The van der Waals surface area contributed by atoms with Gasteiger partial charge in [0.15, 0.2) is 0 Å². The normalized spacial score (nSPS) is 21.5. The Labute approximate surface area is 162 Å². The Balaban J connectivity index is 1.59. The number of benzene rings is 1. The lowest BCUT2D eigenvalue weighted by molar-refractivity contribution is -0.131. The highest BCUT2D eigenvalue weighted by atomic mass is 32.2. The van der Waals surface area contributed by atoms with Gasteiger partial charge < -0.3 is 9.64 Å². The number of ether oxygens (including phenoxy) is 1. The summed E-state index contributed by atoms with van der Waals surface area (Å²) >= 11 is 0. The first-order chi connectivity index (χ1) is 13.0. The average Bonchev–Trinajstić information content (AvgIpc) is 3.15. The second-order valence-electron chi connectivity index (χ2n) is 7.68. The van der Waals surface area contributed by atoms with Crippen molar-refractivity contribution < 1.29 is 17.9 Å². The van der Waals surface area contributed by atoms with E-state index < -0.39 is 15.3 Å². The molecule has 1 N–H and O–H groups in total. The Kier molecular flexibility index (Phi) is 6.89. The maximum atomic E-state index is 12.7. The van der Waals surface area contributed by atoms with Gasteiger partial charge in [0.25, 0.3) is 0 Å². The fourth-order valence-electron chi connectivity index (χ4n) is 4.07. The molecule has 0 bridgehead atoms. The van der Waals surface area contributed by atoms with E-state index in [2.05, 4.69) is 4.72 Å². The molecule has 1 unspecified atom stereocenters. The third-order valence-corrected chi connectivity index (χ3v) is 7.44. The van der Waals surface area contributed by atoms with Crippen LogP contribution in [0.1, 0.15) is 49.7 Å². The number of nitrogens with zero attached hydrogens (tertiary/aromatic N) is 1. The van der Waals surface area contributed by atoms with Gasteiger partial charge in [0.05, 0.1) is 18.3 Å². The first-order valence-corrected chi connectivity index (χ1v) is 11.4. The summed E-state index contributed by atoms with van der Waals surface area (Å²) in [5.41, 5.74) is 1.96. The second-order valence-corrected chi connectivity index (χ2v) is 9.67. The Morgan fingerprint density at radius 1 is 1.19 bits per heavy atom. The molecule has 1 aliphatic heterocycles. The van der Waals surface area contributed by atoms with E-state index in [1.807, 2.05) is 24.3 Å². The third kappa shape index (κ3) is 5.53. The van der Waals surface area contributed by atoms with Gasteiger partial charge in [0.2, 0.25) is 15.9 Å². The van der Waals surface area contributed by atoms with Gasteiger partial charge in [-0.1, -0.05) is 37.1 Å². The molecule has 27 heavy (non-hydrogen) atoms. The zero-order valence-electron chi connectivity index (χ0n) is 16.0. The summed E-state index contributed by atoms with van der Waals surface area (Å²) in [4.78, 5) is 14.4. The van der Waals surface area contributed by atoms with Crippen LogP contribution < -0.4 is 4.72 Å². The van der Waals surface area contributed by atoms with Crippen LogP contribution in [0.5, 0.6) is 0 Å². The summed E-state index contributed by atoms with van der Waals surface area (Å²) < 4.78 is 33.5. The summed E-state index contributed by atoms with van der Waals surface area (Å²) in [6.45, 7) is 1.43. The van der Waals surface area contributed by atoms with E-state index >= 15 is 0 Å². The molecule has 0 radical (unpaired) electrons. The maximum absolute atomic E-state index is 12.7. The molecule has 1 aliphatic carbocycles. The molecule has 7 heteroatoms. The average molecular weight is 395 g/mol. The van der Waals surface area contributed by atoms with E-state index in [1.54, 1.807) is 12.0 Å². The van der Waals surface area contributed by atoms with Gasteiger partial charge in [-0.2, -0.15) is 0 Å². The molecule has 1 aromatic rings. The number of amides is 1. The van der Waals surface area contributed by atoms with Crippen molar-refractivity contribution in [2.24, 2.45) is 0 Å². The predicted octanol–water partition coefficient (Wildman–Crippen LogP) is 2.23. The van der Waals surface area contributed by atoms with Gasteiger partial charge in [-0.3, -0.25) is 4.79 Å². The maximum Gasteiger partial charge on any atom is 0.227 e. The monoisotopic (exact) mass is 394 g/mol. The fraction of sp³-hybridized carbons (Fsp3) is 0.650. The standard InChI is InChI=1S/C20H30N2O4S/c1-26-15-17-7-4-6-16(12-17)13-20(23)22-11-5-10-19(14-22)27(24,25)21-18-8-2-3-9-18/h4,6-7,12,18-19,21H,2-3,5,8-11,13-15H2,1H3. The summed E-state index contributed by atoms with van der Waals surface area (Å²) in [5.74, 6) is -0.00895. The summed E-state index contributed by atoms with van der Waals surface area (Å²) in [5, 5.41) is -0.504. The van der Waals surface area contributed by atoms with Gasteiger partial charge in [0, 0.05) is 26.2 Å². The number of methoxy groups -OCH3 is 1. The number of rotatable bonds is 7. The van der Waals surface area contributed by atoms with E-state index in [0.29, 0.717) is 32.5 Å². The van der Waals surface area contributed by atoms with Crippen LogP contribution in [0, 0.1) is 0 Å². The van der Waals surface area contributed by atoms with Crippen LogP contribution in [0.2, 0.25) is 0 Å². The number of piperidine rings is 1. The smallest absolute Gasteiger partial charge is 0.227 e. The highest BCUT2D eigenvalue weighted by molar-refractivity contribution is 7.90. The van der Waals surface area contributed by atoms with E-state index in [-0.39, 0.29) is 11.9 Å². The van der Waals surface area contributed by atoms with E-state index in [4.69, 9.17) is 4.74 Å². The highest BCUT2D eigenvalue weighted by Gasteiger charge is 2.34. The predicted molar refractivity (Wildman–Crippen MR) is 105 cm³/mol. The zero-order valence-corrected chi connectivity index (χ0v) is 16.8. The second kappa shape index (κ2) is 9.17. The molecule has 150 valence electrons. The first-order valence-electron chi connectivity index (χ1n) is 9.83. The van der Waals surface area contributed by atoms with E-state index in [9.17, 15) is 13.2 Å². The van der Waals surface area contributed by atoms with Crippen LogP contribution in [0.15, 0.2) is 24.3 Å². The number of hydrogen-bond acceptors (Lipinski definition) is 4. The van der Waals surface area contributed by atoms with Crippen molar-refractivity contribution in [1.82, 2.24) is 9.62 Å². The van der Waals surface area contributed by atoms with Crippen LogP contribution >= 0.6 is 0 Å². The third-order valence-electron chi connectivity index (χ3n) is 5.51. The summed E-state index contributed by atoms with van der Waals surface area (Å²) in [6, 6.07) is 7.87.